The summed E-state index contributed by atoms with van der Waals surface area (Å²) in [7, 11) is 0. The van der Waals surface area contributed by atoms with Crippen molar-refractivity contribution in [2.45, 2.75) is 45.3 Å². The Hall–Kier alpha value is -2.68. The van der Waals surface area contributed by atoms with Crippen molar-refractivity contribution < 1.29 is 13.9 Å². The van der Waals surface area contributed by atoms with E-state index in [0.717, 1.165) is 32.6 Å². The summed E-state index contributed by atoms with van der Waals surface area (Å²) in [5.41, 5.74) is 0. The van der Waals surface area contributed by atoms with E-state index < -0.39 is 0 Å². The second-order valence-corrected chi connectivity index (χ2v) is 8.25. The maximum absolute atomic E-state index is 13.2. The van der Waals surface area contributed by atoms with Crippen LogP contribution < -0.4 is 15.0 Å². The van der Waals surface area contributed by atoms with Gasteiger partial charge in [0.15, 0.2) is 11.9 Å². The molecule has 0 spiro atoms. The van der Waals surface area contributed by atoms with E-state index in [1.54, 1.807) is 12.1 Å². The first kappa shape index (κ1) is 21.5. The van der Waals surface area contributed by atoms with Crippen molar-refractivity contribution in [3.8, 4) is 5.75 Å². The van der Waals surface area contributed by atoms with Gasteiger partial charge in [-0.25, -0.2) is 4.39 Å². The highest BCUT2D eigenvalue weighted by atomic mass is 19.1. The molecular formula is C22H31FN6O2. The fourth-order valence-corrected chi connectivity index (χ4v) is 4.27. The predicted molar refractivity (Wildman–Crippen MR) is 116 cm³/mol. The molecule has 168 valence electrons. The molecule has 1 amide bonds. The number of rotatable bonds is 8. The minimum Gasteiger partial charge on any atom is -0.483 e. The topological polar surface area (TPSA) is 75.5 Å². The van der Waals surface area contributed by atoms with E-state index >= 15 is 0 Å². The summed E-state index contributed by atoms with van der Waals surface area (Å²) in [6, 6.07) is 5.98. The number of aromatic nitrogens is 3. The van der Waals surface area contributed by atoms with Gasteiger partial charge in [0.2, 0.25) is 11.9 Å². The predicted octanol–water partition coefficient (Wildman–Crippen LogP) is 2.37. The number of likely N-dealkylation sites (tertiary alicyclic amines) is 1. The molecule has 1 atom stereocenters. The van der Waals surface area contributed by atoms with Gasteiger partial charge in [-0.15, -0.1) is 10.2 Å². The highest BCUT2D eigenvalue weighted by Crippen LogP contribution is 2.25. The van der Waals surface area contributed by atoms with Crippen molar-refractivity contribution in [2.75, 3.05) is 44.2 Å². The molecule has 0 saturated carbocycles. The maximum Gasteiger partial charge on any atom is 0.239 e. The maximum atomic E-state index is 13.2. The third-order valence-electron chi connectivity index (χ3n) is 5.88. The van der Waals surface area contributed by atoms with Crippen LogP contribution in [0.3, 0.4) is 0 Å². The molecule has 1 aromatic heterocycles. The van der Waals surface area contributed by atoms with Gasteiger partial charge in [0.25, 0.3) is 0 Å². The molecule has 0 radical (unpaired) electrons. The molecule has 2 aromatic rings. The fraction of sp³-hybridized carbons (Fsp3) is 0.591. The van der Waals surface area contributed by atoms with Crippen LogP contribution in [0.25, 0.3) is 0 Å². The SMILES string of the molecule is CC(Oc1ccc(F)cc1)c1nnc(N2CCNC(=O)C2)n1CCCN1CCCCC1. The average Bonchev–Trinajstić information content (AvgIpc) is 3.20. The van der Waals surface area contributed by atoms with Crippen molar-refractivity contribution in [1.29, 1.82) is 0 Å². The van der Waals surface area contributed by atoms with Gasteiger partial charge in [-0.2, -0.15) is 0 Å². The van der Waals surface area contributed by atoms with E-state index in [1.165, 1.54) is 31.4 Å². The van der Waals surface area contributed by atoms with E-state index in [9.17, 15) is 9.18 Å². The van der Waals surface area contributed by atoms with Crippen LogP contribution in [0.2, 0.25) is 0 Å². The van der Waals surface area contributed by atoms with E-state index in [1.807, 2.05) is 11.8 Å². The third-order valence-corrected chi connectivity index (χ3v) is 5.88. The normalized spacial score (nSPS) is 18.6. The second-order valence-electron chi connectivity index (χ2n) is 8.25. The van der Waals surface area contributed by atoms with Gasteiger partial charge >= 0.3 is 0 Å². The lowest BCUT2D eigenvalue weighted by Crippen LogP contribution is -2.48. The molecule has 0 aliphatic carbocycles. The Morgan fingerprint density at radius 1 is 1.10 bits per heavy atom. The zero-order valence-electron chi connectivity index (χ0n) is 18.1. The Morgan fingerprint density at radius 2 is 1.87 bits per heavy atom. The summed E-state index contributed by atoms with van der Waals surface area (Å²) in [6.07, 6.45) is 4.48. The monoisotopic (exact) mass is 430 g/mol. The van der Waals surface area contributed by atoms with Gasteiger partial charge in [0, 0.05) is 19.6 Å². The lowest BCUT2D eigenvalue weighted by molar-refractivity contribution is -0.120. The molecule has 8 nitrogen and oxygen atoms in total. The van der Waals surface area contributed by atoms with Crippen LogP contribution >= 0.6 is 0 Å². The zero-order chi connectivity index (χ0) is 21.6. The molecule has 2 saturated heterocycles. The second kappa shape index (κ2) is 10.1. The molecule has 4 rings (SSSR count). The van der Waals surface area contributed by atoms with Crippen LogP contribution in [0.15, 0.2) is 24.3 Å². The summed E-state index contributed by atoms with van der Waals surface area (Å²) >= 11 is 0. The molecule has 2 aliphatic heterocycles. The highest BCUT2D eigenvalue weighted by molar-refractivity contribution is 5.81. The van der Waals surface area contributed by atoms with E-state index in [0.29, 0.717) is 30.6 Å². The molecule has 0 bridgehead atoms. The van der Waals surface area contributed by atoms with Gasteiger partial charge in [-0.05, 0) is 70.1 Å². The van der Waals surface area contributed by atoms with Crippen LogP contribution in [-0.2, 0) is 11.3 Å². The van der Waals surface area contributed by atoms with Crippen molar-refractivity contribution in [2.24, 2.45) is 0 Å². The Bertz CT molecular complexity index is 865. The highest BCUT2D eigenvalue weighted by Gasteiger charge is 2.26. The number of nitrogens with one attached hydrogen (secondary N) is 1. The zero-order valence-corrected chi connectivity index (χ0v) is 18.1. The van der Waals surface area contributed by atoms with Crippen molar-refractivity contribution in [1.82, 2.24) is 25.0 Å². The largest absolute Gasteiger partial charge is 0.483 e. The molecule has 9 heteroatoms. The summed E-state index contributed by atoms with van der Waals surface area (Å²) in [6.45, 7) is 7.60. The fourth-order valence-electron chi connectivity index (χ4n) is 4.27. The van der Waals surface area contributed by atoms with E-state index in [-0.39, 0.29) is 24.4 Å². The van der Waals surface area contributed by atoms with E-state index in [2.05, 4.69) is 25.0 Å². The number of piperidine rings is 1. The van der Waals surface area contributed by atoms with Crippen LogP contribution in [-0.4, -0.2) is 64.8 Å². The number of piperazine rings is 1. The average molecular weight is 431 g/mol. The van der Waals surface area contributed by atoms with Crippen LogP contribution in [0.5, 0.6) is 5.75 Å². The number of nitrogens with zero attached hydrogens (tertiary/aromatic N) is 5. The number of halogens is 1. The lowest BCUT2D eigenvalue weighted by Gasteiger charge is -2.29. The Labute approximate surface area is 182 Å². The minimum atomic E-state index is -0.361. The number of benzene rings is 1. The summed E-state index contributed by atoms with van der Waals surface area (Å²) < 4.78 is 21.3. The number of hydrogen-bond acceptors (Lipinski definition) is 6. The summed E-state index contributed by atoms with van der Waals surface area (Å²) in [5.74, 6) is 1.69. The van der Waals surface area contributed by atoms with Gasteiger partial charge in [-0.3, -0.25) is 9.36 Å². The molecule has 1 N–H and O–H groups in total. The van der Waals surface area contributed by atoms with Crippen molar-refractivity contribution in [3.63, 3.8) is 0 Å². The number of carbonyl (C=O) groups is 1. The van der Waals surface area contributed by atoms with Gasteiger partial charge in [-0.1, -0.05) is 6.42 Å². The van der Waals surface area contributed by atoms with Crippen LogP contribution in [0.4, 0.5) is 10.3 Å². The summed E-state index contributed by atoms with van der Waals surface area (Å²) in [4.78, 5) is 16.4. The van der Waals surface area contributed by atoms with Crippen molar-refractivity contribution in [3.05, 3.63) is 35.9 Å². The number of ether oxygens (including phenoxy) is 1. The van der Waals surface area contributed by atoms with E-state index in [4.69, 9.17) is 4.74 Å². The standard InChI is InChI=1S/C22H31FN6O2/c1-17(31-19-8-6-18(23)7-9-19)21-25-26-22(28-15-10-24-20(30)16-28)29(21)14-5-13-27-11-3-2-4-12-27/h6-9,17H,2-5,10-16H2,1H3,(H,24,30). The quantitative estimate of drug-likeness (QED) is 0.693. The Kier molecular flexibility index (Phi) is 7.01. The lowest BCUT2D eigenvalue weighted by atomic mass is 10.1. The van der Waals surface area contributed by atoms with Crippen LogP contribution in [0, 0.1) is 5.82 Å². The molecule has 1 unspecified atom stereocenters. The Balaban J connectivity index is 1.50. The number of hydrogen-bond donors (Lipinski definition) is 1. The smallest absolute Gasteiger partial charge is 0.239 e. The summed E-state index contributed by atoms with van der Waals surface area (Å²) in [5, 5.41) is 11.7. The molecule has 2 aliphatic rings. The molecule has 3 heterocycles. The molecule has 31 heavy (non-hydrogen) atoms. The number of anilines is 1. The minimum absolute atomic E-state index is 0.00808. The van der Waals surface area contributed by atoms with Gasteiger partial charge in [0.05, 0.1) is 6.54 Å². The Morgan fingerprint density at radius 3 is 2.61 bits per heavy atom. The third kappa shape index (κ3) is 5.52. The molecule has 1 aromatic carbocycles. The van der Waals surface area contributed by atoms with Gasteiger partial charge < -0.3 is 19.9 Å². The first-order valence-corrected chi connectivity index (χ1v) is 11.2. The van der Waals surface area contributed by atoms with Gasteiger partial charge in [0.1, 0.15) is 11.6 Å². The van der Waals surface area contributed by atoms with Crippen molar-refractivity contribution >= 4 is 11.9 Å². The first-order chi connectivity index (χ1) is 15.1. The van der Waals surface area contributed by atoms with Crippen LogP contribution in [0.1, 0.15) is 44.5 Å². The number of amides is 1. The molecule has 2 fully saturated rings. The molecular weight excluding hydrogens is 399 g/mol. The number of carbonyl (C=O) groups excluding carboxylic acids is 1. The first-order valence-electron chi connectivity index (χ1n) is 11.2.